The Hall–Kier alpha value is -1.72. The second kappa shape index (κ2) is 8.79. The summed E-state index contributed by atoms with van der Waals surface area (Å²) in [6.45, 7) is 1.20. The minimum atomic E-state index is -0.0551. The number of thiophene rings is 1. The van der Waals surface area contributed by atoms with Crippen molar-refractivity contribution in [2.45, 2.75) is 13.0 Å². The molecule has 1 amide bonds. The highest BCUT2D eigenvalue weighted by molar-refractivity contribution is 7.09. The molecule has 4 nitrogen and oxygen atoms in total. The predicted octanol–water partition coefficient (Wildman–Crippen LogP) is 3.58. The van der Waals surface area contributed by atoms with Crippen LogP contribution in [0.25, 0.3) is 0 Å². The van der Waals surface area contributed by atoms with Gasteiger partial charge in [0.05, 0.1) is 20.8 Å². The second-order valence-electron chi connectivity index (χ2n) is 4.97. The molecular formula is C17H20ClNO3S. The molecule has 23 heavy (non-hydrogen) atoms. The number of ether oxygens (including phenoxy) is 2. The maximum absolute atomic E-state index is 12.0. The van der Waals surface area contributed by atoms with Crippen LogP contribution in [0.2, 0.25) is 0 Å². The number of halogens is 1. The van der Waals surface area contributed by atoms with Crippen molar-refractivity contribution in [3.8, 4) is 11.5 Å². The van der Waals surface area contributed by atoms with Crippen LogP contribution in [0.1, 0.15) is 10.4 Å². The molecule has 0 saturated heterocycles. The number of benzene rings is 1. The Bertz CT molecular complexity index is 631. The van der Waals surface area contributed by atoms with Gasteiger partial charge in [0.15, 0.2) is 11.5 Å². The lowest BCUT2D eigenvalue weighted by Gasteiger charge is -2.21. The third-order valence-corrected chi connectivity index (χ3v) is 4.60. The largest absolute Gasteiger partial charge is 0.493 e. The smallest absolute Gasteiger partial charge is 0.237 e. The highest BCUT2D eigenvalue weighted by Crippen LogP contribution is 2.27. The number of nitrogens with zero attached hydrogens (tertiary/aromatic N) is 1. The van der Waals surface area contributed by atoms with E-state index in [4.69, 9.17) is 21.1 Å². The van der Waals surface area contributed by atoms with E-state index in [-0.39, 0.29) is 11.8 Å². The molecule has 0 fully saturated rings. The van der Waals surface area contributed by atoms with Crippen molar-refractivity contribution in [3.05, 3.63) is 46.2 Å². The highest BCUT2D eigenvalue weighted by Gasteiger charge is 2.14. The lowest BCUT2D eigenvalue weighted by atomic mass is 10.1. The zero-order valence-corrected chi connectivity index (χ0v) is 14.8. The van der Waals surface area contributed by atoms with E-state index in [0.29, 0.717) is 24.6 Å². The summed E-state index contributed by atoms with van der Waals surface area (Å²) in [5, 5.41) is 2.01. The van der Waals surface area contributed by atoms with Crippen LogP contribution in [-0.4, -0.2) is 37.5 Å². The molecule has 0 unspecified atom stereocenters. The minimum Gasteiger partial charge on any atom is -0.493 e. The first-order valence-corrected chi connectivity index (χ1v) is 8.66. The molecule has 6 heteroatoms. The van der Waals surface area contributed by atoms with Crippen molar-refractivity contribution in [1.82, 2.24) is 4.90 Å². The average Bonchev–Trinajstić information content (AvgIpc) is 3.10. The molecule has 2 aromatic rings. The minimum absolute atomic E-state index is 0.00267. The molecule has 0 spiro atoms. The summed E-state index contributed by atoms with van der Waals surface area (Å²) >= 11 is 7.37. The first-order valence-electron chi connectivity index (χ1n) is 7.25. The summed E-state index contributed by atoms with van der Waals surface area (Å²) in [5.41, 5.74) is 1.08. The van der Waals surface area contributed by atoms with E-state index >= 15 is 0 Å². The SMILES string of the molecule is COc1ccc(CCN(Cc2cccs2)C(=O)CCl)cc1OC. The normalized spacial score (nSPS) is 10.4. The van der Waals surface area contributed by atoms with E-state index < -0.39 is 0 Å². The molecule has 1 heterocycles. The third-order valence-electron chi connectivity index (χ3n) is 3.51. The van der Waals surface area contributed by atoms with E-state index in [1.807, 2.05) is 35.7 Å². The number of methoxy groups -OCH3 is 2. The van der Waals surface area contributed by atoms with Gasteiger partial charge in [0.25, 0.3) is 0 Å². The Morgan fingerprint density at radius 2 is 2.00 bits per heavy atom. The fourth-order valence-corrected chi connectivity index (χ4v) is 3.16. The van der Waals surface area contributed by atoms with Gasteiger partial charge in [-0.25, -0.2) is 0 Å². The summed E-state index contributed by atoms with van der Waals surface area (Å²) in [7, 11) is 3.22. The van der Waals surface area contributed by atoms with Gasteiger partial charge in [-0.15, -0.1) is 22.9 Å². The Morgan fingerprint density at radius 3 is 2.61 bits per heavy atom. The number of rotatable bonds is 8. The zero-order valence-electron chi connectivity index (χ0n) is 13.3. The van der Waals surface area contributed by atoms with Crippen molar-refractivity contribution in [2.24, 2.45) is 0 Å². The molecule has 0 aliphatic carbocycles. The molecule has 1 aromatic heterocycles. The number of carbonyl (C=O) groups excluding carboxylic acids is 1. The van der Waals surface area contributed by atoms with Crippen LogP contribution < -0.4 is 9.47 Å². The molecule has 1 aromatic carbocycles. The first-order chi connectivity index (χ1) is 11.2. The summed E-state index contributed by atoms with van der Waals surface area (Å²) < 4.78 is 10.5. The van der Waals surface area contributed by atoms with Gasteiger partial charge in [-0.3, -0.25) is 4.79 Å². The molecule has 0 N–H and O–H groups in total. The van der Waals surface area contributed by atoms with Gasteiger partial charge in [0.1, 0.15) is 5.88 Å². The average molecular weight is 354 g/mol. The molecular weight excluding hydrogens is 334 g/mol. The molecule has 0 aliphatic rings. The van der Waals surface area contributed by atoms with Gasteiger partial charge in [-0.2, -0.15) is 0 Å². The fourth-order valence-electron chi connectivity index (χ4n) is 2.27. The monoisotopic (exact) mass is 353 g/mol. The van der Waals surface area contributed by atoms with Gasteiger partial charge >= 0.3 is 0 Å². The Labute approximate surface area is 145 Å². The molecule has 0 bridgehead atoms. The molecule has 0 saturated carbocycles. The lowest BCUT2D eigenvalue weighted by molar-refractivity contribution is -0.129. The van der Waals surface area contributed by atoms with Crippen LogP contribution in [0.4, 0.5) is 0 Å². The molecule has 124 valence electrons. The maximum atomic E-state index is 12.0. The van der Waals surface area contributed by atoms with Gasteiger partial charge in [0, 0.05) is 11.4 Å². The third kappa shape index (κ3) is 4.88. The molecule has 2 rings (SSSR count). The number of amides is 1. The van der Waals surface area contributed by atoms with Crippen molar-refractivity contribution in [3.63, 3.8) is 0 Å². The van der Waals surface area contributed by atoms with Gasteiger partial charge < -0.3 is 14.4 Å². The second-order valence-corrected chi connectivity index (χ2v) is 6.27. The molecule has 0 radical (unpaired) electrons. The van der Waals surface area contributed by atoms with Crippen LogP contribution in [0, 0.1) is 0 Å². The van der Waals surface area contributed by atoms with Crippen LogP contribution in [0.5, 0.6) is 11.5 Å². The standard InChI is InChI=1S/C17H20ClNO3S/c1-21-15-6-5-13(10-16(15)22-2)7-8-19(17(20)11-18)12-14-4-3-9-23-14/h3-6,9-10H,7-8,11-12H2,1-2H3. The van der Waals surface area contributed by atoms with Crippen molar-refractivity contribution in [2.75, 3.05) is 26.6 Å². The van der Waals surface area contributed by atoms with Crippen molar-refractivity contribution >= 4 is 28.8 Å². The van der Waals surface area contributed by atoms with E-state index in [2.05, 4.69) is 0 Å². The Balaban J connectivity index is 2.04. The predicted molar refractivity (Wildman–Crippen MR) is 93.7 cm³/mol. The van der Waals surface area contributed by atoms with E-state index in [1.54, 1.807) is 30.5 Å². The number of hydrogen-bond acceptors (Lipinski definition) is 4. The highest BCUT2D eigenvalue weighted by atomic mass is 35.5. The number of carbonyl (C=O) groups is 1. The van der Waals surface area contributed by atoms with Crippen LogP contribution in [-0.2, 0) is 17.8 Å². The van der Waals surface area contributed by atoms with Gasteiger partial charge in [0.2, 0.25) is 5.91 Å². The molecule has 0 atom stereocenters. The summed E-state index contributed by atoms with van der Waals surface area (Å²) in [6.07, 6.45) is 0.731. The van der Waals surface area contributed by atoms with Crippen LogP contribution >= 0.6 is 22.9 Å². The van der Waals surface area contributed by atoms with Crippen LogP contribution in [0.3, 0.4) is 0 Å². The summed E-state index contributed by atoms with van der Waals surface area (Å²) in [5.74, 6) is 1.33. The van der Waals surface area contributed by atoms with Crippen molar-refractivity contribution in [1.29, 1.82) is 0 Å². The van der Waals surface area contributed by atoms with E-state index in [9.17, 15) is 4.79 Å². The topological polar surface area (TPSA) is 38.8 Å². The van der Waals surface area contributed by atoms with Gasteiger partial charge in [-0.1, -0.05) is 12.1 Å². The molecule has 0 aliphatic heterocycles. The summed E-state index contributed by atoms with van der Waals surface area (Å²) in [4.78, 5) is 15.0. The Kier molecular flexibility index (Phi) is 6.74. The van der Waals surface area contributed by atoms with Gasteiger partial charge in [-0.05, 0) is 35.6 Å². The number of hydrogen-bond donors (Lipinski definition) is 0. The quantitative estimate of drug-likeness (QED) is 0.681. The fraction of sp³-hybridized carbons (Fsp3) is 0.353. The zero-order chi connectivity index (χ0) is 16.7. The van der Waals surface area contributed by atoms with E-state index in [1.165, 1.54) is 0 Å². The summed E-state index contributed by atoms with van der Waals surface area (Å²) in [6, 6.07) is 9.80. The van der Waals surface area contributed by atoms with Crippen LogP contribution in [0.15, 0.2) is 35.7 Å². The van der Waals surface area contributed by atoms with Crippen molar-refractivity contribution < 1.29 is 14.3 Å². The number of alkyl halides is 1. The maximum Gasteiger partial charge on any atom is 0.237 e. The Morgan fingerprint density at radius 1 is 1.22 bits per heavy atom. The first kappa shape index (κ1) is 17.6. The van der Waals surface area contributed by atoms with E-state index in [0.717, 1.165) is 16.9 Å². The lowest BCUT2D eigenvalue weighted by Crippen LogP contribution is -2.33.